The van der Waals surface area contributed by atoms with E-state index in [1.165, 1.54) is 19.4 Å². The van der Waals surface area contributed by atoms with Gasteiger partial charge in [-0.3, -0.25) is 14.8 Å². The van der Waals surface area contributed by atoms with Crippen LogP contribution in [0, 0.1) is 0 Å². The molecule has 0 aliphatic carbocycles. The summed E-state index contributed by atoms with van der Waals surface area (Å²) in [6, 6.07) is 8.87. The molecule has 0 N–H and O–H groups in total. The second-order valence-electron chi connectivity index (χ2n) is 8.55. The zero-order chi connectivity index (χ0) is 20.8. The van der Waals surface area contributed by atoms with Gasteiger partial charge >= 0.3 is 0 Å². The van der Waals surface area contributed by atoms with E-state index in [0.717, 1.165) is 69.7 Å². The maximum Gasteiger partial charge on any atom is 0.225 e. The first-order valence-electron chi connectivity index (χ1n) is 11.3. The first-order valence-corrected chi connectivity index (χ1v) is 11.3. The van der Waals surface area contributed by atoms with Crippen LogP contribution in [0.5, 0.6) is 0 Å². The number of hydrogen-bond acceptors (Lipinski definition) is 7. The smallest absolute Gasteiger partial charge is 0.225 e. The van der Waals surface area contributed by atoms with Gasteiger partial charge in [-0.15, -0.1) is 0 Å². The largest absolute Gasteiger partial charge is 0.338 e. The highest BCUT2D eigenvalue weighted by Gasteiger charge is 2.26. The normalized spacial score (nSPS) is 20.9. The number of likely N-dealkylation sites (N-methyl/N-ethyl adjacent to an activating group) is 2. The van der Waals surface area contributed by atoms with Crippen LogP contribution in [0.25, 0.3) is 0 Å². The number of piperazine rings is 1. The van der Waals surface area contributed by atoms with Crippen LogP contribution in [0.15, 0.2) is 36.7 Å². The molecule has 4 rings (SSSR count). The second kappa shape index (κ2) is 10.3. The van der Waals surface area contributed by atoms with Crippen LogP contribution in [-0.2, 0) is 13.1 Å². The Morgan fingerprint density at radius 3 is 2.57 bits per heavy atom. The molecule has 0 bridgehead atoms. The predicted molar refractivity (Wildman–Crippen MR) is 120 cm³/mol. The zero-order valence-corrected chi connectivity index (χ0v) is 18.5. The van der Waals surface area contributed by atoms with E-state index in [-0.39, 0.29) is 0 Å². The fraction of sp³-hybridized carbons (Fsp3) is 0.609. The molecule has 1 atom stereocenters. The highest BCUT2D eigenvalue weighted by atomic mass is 15.3. The Hall–Kier alpha value is -2.09. The van der Waals surface area contributed by atoms with Crippen LogP contribution in [0.3, 0.4) is 0 Å². The number of hydrogen-bond donors (Lipinski definition) is 0. The molecule has 7 nitrogen and oxygen atoms in total. The summed E-state index contributed by atoms with van der Waals surface area (Å²) < 4.78 is 0. The monoisotopic (exact) mass is 409 g/mol. The minimum absolute atomic E-state index is 0.623. The van der Waals surface area contributed by atoms with Gasteiger partial charge in [0.15, 0.2) is 0 Å². The van der Waals surface area contributed by atoms with Crippen LogP contribution >= 0.6 is 0 Å². The van der Waals surface area contributed by atoms with E-state index in [1.807, 2.05) is 18.5 Å². The maximum absolute atomic E-state index is 4.94. The molecular weight excluding hydrogens is 374 g/mol. The molecule has 2 aromatic heterocycles. The SMILES string of the molecule is CCN1CCCC1CN(Cc1ccccn1)Cc1ccnc(N2CCN(C)CC2)n1. The van der Waals surface area contributed by atoms with Crippen molar-refractivity contribution >= 4 is 5.95 Å². The molecule has 162 valence electrons. The molecule has 1 unspecified atom stereocenters. The Labute approximate surface area is 180 Å². The summed E-state index contributed by atoms with van der Waals surface area (Å²) in [6.07, 6.45) is 6.39. The summed E-state index contributed by atoms with van der Waals surface area (Å²) in [6.45, 7) is 11.5. The van der Waals surface area contributed by atoms with Gasteiger partial charge in [0.2, 0.25) is 5.95 Å². The van der Waals surface area contributed by atoms with Gasteiger partial charge in [-0.1, -0.05) is 13.0 Å². The first kappa shape index (κ1) is 21.2. The van der Waals surface area contributed by atoms with Gasteiger partial charge < -0.3 is 9.80 Å². The molecule has 2 aliphatic rings. The lowest BCUT2D eigenvalue weighted by Gasteiger charge is -2.33. The molecule has 7 heteroatoms. The molecular formula is C23H35N7. The van der Waals surface area contributed by atoms with E-state index in [4.69, 9.17) is 4.98 Å². The van der Waals surface area contributed by atoms with Gasteiger partial charge in [0.25, 0.3) is 0 Å². The Balaban J connectivity index is 1.47. The van der Waals surface area contributed by atoms with E-state index in [1.54, 1.807) is 0 Å². The molecule has 30 heavy (non-hydrogen) atoms. The number of nitrogens with zero attached hydrogens (tertiary/aromatic N) is 7. The Kier molecular flexibility index (Phi) is 7.25. The van der Waals surface area contributed by atoms with Gasteiger partial charge in [-0.25, -0.2) is 9.97 Å². The van der Waals surface area contributed by atoms with Gasteiger partial charge in [0.1, 0.15) is 0 Å². The van der Waals surface area contributed by atoms with E-state index < -0.39 is 0 Å². The third-order valence-electron chi connectivity index (χ3n) is 6.36. The van der Waals surface area contributed by atoms with Crippen LogP contribution in [0.4, 0.5) is 5.95 Å². The van der Waals surface area contributed by atoms with Crippen molar-refractivity contribution < 1.29 is 0 Å². The molecule has 0 amide bonds. The lowest BCUT2D eigenvalue weighted by Crippen LogP contribution is -2.45. The Bertz CT molecular complexity index is 776. The van der Waals surface area contributed by atoms with Crippen molar-refractivity contribution in [3.63, 3.8) is 0 Å². The number of pyridine rings is 1. The summed E-state index contributed by atoms with van der Waals surface area (Å²) in [4.78, 5) is 23.9. The van der Waals surface area contributed by atoms with Crippen molar-refractivity contribution in [2.75, 3.05) is 57.8 Å². The summed E-state index contributed by atoms with van der Waals surface area (Å²) in [5.41, 5.74) is 2.21. The standard InChI is InChI=1S/C23H35N7/c1-3-29-12-6-8-22(29)19-28(17-20-7-4-5-10-24-20)18-21-9-11-25-23(26-21)30-15-13-27(2)14-16-30/h4-5,7,9-11,22H,3,6,8,12-19H2,1-2H3. The zero-order valence-electron chi connectivity index (χ0n) is 18.5. The van der Waals surface area contributed by atoms with Crippen molar-refractivity contribution in [3.8, 4) is 0 Å². The molecule has 2 aliphatic heterocycles. The summed E-state index contributed by atoms with van der Waals surface area (Å²) in [7, 11) is 2.17. The van der Waals surface area contributed by atoms with Gasteiger partial charge in [0.05, 0.1) is 11.4 Å². The third-order valence-corrected chi connectivity index (χ3v) is 6.36. The highest BCUT2D eigenvalue weighted by molar-refractivity contribution is 5.31. The topological polar surface area (TPSA) is 51.6 Å². The predicted octanol–water partition coefficient (Wildman–Crippen LogP) is 2.11. The van der Waals surface area contributed by atoms with Crippen LogP contribution in [-0.4, -0.2) is 88.6 Å². The highest BCUT2D eigenvalue weighted by Crippen LogP contribution is 2.20. The number of aromatic nitrogens is 3. The molecule has 2 fully saturated rings. The Morgan fingerprint density at radius 1 is 0.967 bits per heavy atom. The summed E-state index contributed by atoms with van der Waals surface area (Å²) >= 11 is 0. The van der Waals surface area contributed by atoms with Crippen molar-refractivity contribution in [1.82, 2.24) is 29.7 Å². The van der Waals surface area contributed by atoms with E-state index >= 15 is 0 Å². The number of likely N-dealkylation sites (tertiary alicyclic amines) is 1. The number of anilines is 1. The lowest BCUT2D eigenvalue weighted by atomic mass is 10.2. The van der Waals surface area contributed by atoms with Crippen LogP contribution in [0.1, 0.15) is 31.2 Å². The quantitative estimate of drug-likeness (QED) is 0.662. The van der Waals surface area contributed by atoms with Gasteiger partial charge in [0, 0.05) is 64.2 Å². The first-order chi connectivity index (χ1) is 14.7. The van der Waals surface area contributed by atoms with Crippen LogP contribution in [0.2, 0.25) is 0 Å². The van der Waals surface area contributed by atoms with Crippen molar-refractivity contribution in [3.05, 3.63) is 48.0 Å². The fourth-order valence-corrected chi connectivity index (χ4v) is 4.58. The van der Waals surface area contributed by atoms with E-state index in [0.29, 0.717) is 6.04 Å². The molecule has 0 aromatic carbocycles. The molecule has 2 aromatic rings. The molecule has 0 spiro atoms. The average Bonchev–Trinajstić information content (AvgIpc) is 3.22. The lowest BCUT2D eigenvalue weighted by molar-refractivity contribution is 0.163. The minimum Gasteiger partial charge on any atom is -0.338 e. The summed E-state index contributed by atoms with van der Waals surface area (Å²) in [5, 5.41) is 0. The third kappa shape index (κ3) is 5.53. The summed E-state index contributed by atoms with van der Waals surface area (Å²) in [5.74, 6) is 0.870. The molecule has 2 saturated heterocycles. The number of rotatable bonds is 8. The van der Waals surface area contributed by atoms with Crippen molar-refractivity contribution in [2.45, 2.75) is 38.9 Å². The van der Waals surface area contributed by atoms with Gasteiger partial charge in [-0.05, 0) is 51.2 Å². The van der Waals surface area contributed by atoms with Crippen LogP contribution < -0.4 is 4.90 Å². The molecule has 0 radical (unpaired) electrons. The fourth-order valence-electron chi connectivity index (χ4n) is 4.58. The van der Waals surface area contributed by atoms with E-state index in [9.17, 15) is 0 Å². The van der Waals surface area contributed by atoms with E-state index in [2.05, 4.69) is 61.7 Å². The Morgan fingerprint density at radius 2 is 1.80 bits per heavy atom. The average molecular weight is 410 g/mol. The maximum atomic E-state index is 4.94. The minimum atomic E-state index is 0.623. The van der Waals surface area contributed by atoms with Crippen molar-refractivity contribution in [2.24, 2.45) is 0 Å². The molecule has 4 heterocycles. The van der Waals surface area contributed by atoms with Crippen molar-refractivity contribution in [1.29, 1.82) is 0 Å². The van der Waals surface area contributed by atoms with Gasteiger partial charge in [-0.2, -0.15) is 0 Å². The molecule has 0 saturated carbocycles. The second-order valence-corrected chi connectivity index (χ2v) is 8.55.